The van der Waals surface area contributed by atoms with Crippen molar-refractivity contribution in [1.82, 2.24) is 5.32 Å². The van der Waals surface area contributed by atoms with Crippen LogP contribution in [0.15, 0.2) is 0 Å². The van der Waals surface area contributed by atoms with E-state index in [9.17, 15) is 0 Å². The molecule has 1 saturated carbocycles. The van der Waals surface area contributed by atoms with Crippen molar-refractivity contribution in [3.05, 3.63) is 0 Å². The number of hydrogen-bond acceptors (Lipinski definition) is 1. The highest BCUT2D eigenvalue weighted by Crippen LogP contribution is 2.28. The molecule has 1 atom stereocenters. The lowest BCUT2D eigenvalue weighted by Crippen LogP contribution is -2.29. The first kappa shape index (κ1) is 9.61. The van der Waals surface area contributed by atoms with Crippen LogP contribution in [-0.4, -0.2) is 12.6 Å². The van der Waals surface area contributed by atoms with Gasteiger partial charge in [0.15, 0.2) is 0 Å². The lowest BCUT2D eigenvalue weighted by atomic mass is 9.83. The van der Waals surface area contributed by atoms with Crippen molar-refractivity contribution in [3.8, 4) is 12.3 Å². The second kappa shape index (κ2) is 5.22. The molecule has 1 rings (SSSR count). The van der Waals surface area contributed by atoms with E-state index in [1.807, 2.05) is 0 Å². The highest BCUT2D eigenvalue weighted by Gasteiger charge is 2.16. The molecule has 1 aliphatic carbocycles. The van der Waals surface area contributed by atoms with Crippen LogP contribution in [0.3, 0.4) is 0 Å². The van der Waals surface area contributed by atoms with Gasteiger partial charge in [0.1, 0.15) is 0 Å². The van der Waals surface area contributed by atoms with E-state index in [-0.39, 0.29) is 0 Å². The molecule has 1 fully saturated rings. The fourth-order valence-corrected chi connectivity index (χ4v) is 1.56. The fraction of sp³-hybridized carbons (Fsp3) is 0.818. The van der Waals surface area contributed by atoms with E-state index >= 15 is 0 Å². The van der Waals surface area contributed by atoms with E-state index in [0.29, 0.717) is 6.04 Å². The summed E-state index contributed by atoms with van der Waals surface area (Å²) >= 11 is 0. The Morgan fingerprint density at radius 2 is 2.33 bits per heavy atom. The van der Waals surface area contributed by atoms with Gasteiger partial charge in [0.25, 0.3) is 0 Å². The molecule has 0 aromatic rings. The third-order valence-electron chi connectivity index (χ3n) is 2.78. The zero-order valence-electron chi connectivity index (χ0n) is 7.97. The lowest BCUT2D eigenvalue weighted by molar-refractivity contribution is 0.290. The maximum atomic E-state index is 5.33. The molecule has 1 unspecified atom stereocenters. The van der Waals surface area contributed by atoms with Gasteiger partial charge in [0, 0.05) is 0 Å². The van der Waals surface area contributed by atoms with Crippen molar-refractivity contribution >= 4 is 0 Å². The van der Waals surface area contributed by atoms with Gasteiger partial charge in [0.05, 0.1) is 6.04 Å². The van der Waals surface area contributed by atoms with Gasteiger partial charge >= 0.3 is 0 Å². The molecule has 0 spiro atoms. The smallest absolute Gasteiger partial charge is 0.0684 e. The molecule has 0 radical (unpaired) electrons. The van der Waals surface area contributed by atoms with Crippen LogP contribution in [-0.2, 0) is 0 Å². The van der Waals surface area contributed by atoms with Crippen molar-refractivity contribution in [1.29, 1.82) is 0 Å². The van der Waals surface area contributed by atoms with Gasteiger partial charge in [-0.15, -0.1) is 6.42 Å². The van der Waals surface area contributed by atoms with Crippen LogP contribution in [0.4, 0.5) is 0 Å². The van der Waals surface area contributed by atoms with Gasteiger partial charge in [-0.2, -0.15) is 0 Å². The summed E-state index contributed by atoms with van der Waals surface area (Å²) in [4.78, 5) is 0. The summed E-state index contributed by atoms with van der Waals surface area (Å²) in [5.74, 6) is 3.74. The van der Waals surface area contributed by atoms with Crippen molar-refractivity contribution in [2.45, 2.75) is 45.1 Å². The van der Waals surface area contributed by atoms with Crippen LogP contribution in [0, 0.1) is 18.3 Å². The average Bonchev–Trinajstić information content (AvgIpc) is 2.02. The summed E-state index contributed by atoms with van der Waals surface area (Å²) in [6.45, 7) is 3.23. The van der Waals surface area contributed by atoms with Crippen LogP contribution in [0.1, 0.15) is 39.0 Å². The Balaban J connectivity index is 1.97. The van der Waals surface area contributed by atoms with Gasteiger partial charge < -0.3 is 5.32 Å². The highest BCUT2D eigenvalue weighted by molar-refractivity contribution is 4.97. The fourth-order valence-electron chi connectivity index (χ4n) is 1.56. The van der Waals surface area contributed by atoms with Crippen molar-refractivity contribution in [2.24, 2.45) is 5.92 Å². The van der Waals surface area contributed by atoms with Gasteiger partial charge in [0.2, 0.25) is 0 Å². The highest BCUT2D eigenvalue weighted by atomic mass is 14.9. The first-order valence-corrected chi connectivity index (χ1v) is 5.06. The monoisotopic (exact) mass is 165 g/mol. The molecule has 68 valence electrons. The Kier molecular flexibility index (Phi) is 4.18. The summed E-state index contributed by atoms with van der Waals surface area (Å²) < 4.78 is 0. The standard InChI is InChI=1S/C11H19N/c1-3-11(4-2)12-9-8-10-6-5-7-10/h1,10-12H,4-9H2,2H3. The average molecular weight is 165 g/mol. The summed E-state index contributed by atoms with van der Waals surface area (Å²) in [5.41, 5.74) is 0. The predicted molar refractivity (Wildman–Crippen MR) is 52.9 cm³/mol. The molecule has 12 heavy (non-hydrogen) atoms. The second-order valence-corrected chi connectivity index (χ2v) is 3.67. The minimum Gasteiger partial charge on any atom is -0.304 e. The van der Waals surface area contributed by atoms with Crippen LogP contribution >= 0.6 is 0 Å². The number of terminal acetylenes is 1. The van der Waals surface area contributed by atoms with Gasteiger partial charge in [-0.1, -0.05) is 32.1 Å². The number of rotatable bonds is 5. The molecule has 0 aromatic carbocycles. The third-order valence-corrected chi connectivity index (χ3v) is 2.78. The minimum absolute atomic E-state index is 0.296. The first-order chi connectivity index (χ1) is 5.86. The van der Waals surface area contributed by atoms with Crippen molar-refractivity contribution < 1.29 is 0 Å². The summed E-state index contributed by atoms with van der Waals surface area (Å²) in [5, 5.41) is 3.38. The summed E-state index contributed by atoms with van der Waals surface area (Å²) in [6.07, 6.45) is 12.0. The maximum absolute atomic E-state index is 5.33. The number of hydrogen-bond donors (Lipinski definition) is 1. The van der Waals surface area contributed by atoms with E-state index in [4.69, 9.17) is 6.42 Å². The van der Waals surface area contributed by atoms with Gasteiger partial charge in [-0.25, -0.2) is 0 Å². The Bertz CT molecular complexity index is 153. The molecular weight excluding hydrogens is 146 g/mol. The Morgan fingerprint density at radius 3 is 2.75 bits per heavy atom. The topological polar surface area (TPSA) is 12.0 Å². The SMILES string of the molecule is C#CC(CC)NCCC1CCC1. The third kappa shape index (κ3) is 2.87. The maximum Gasteiger partial charge on any atom is 0.0684 e. The molecule has 0 aromatic heterocycles. The van der Waals surface area contributed by atoms with E-state index in [1.165, 1.54) is 25.7 Å². The first-order valence-electron chi connectivity index (χ1n) is 5.06. The van der Waals surface area contributed by atoms with E-state index in [2.05, 4.69) is 18.2 Å². The molecular formula is C11H19N. The molecule has 0 aliphatic heterocycles. The molecule has 1 N–H and O–H groups in total. The molecule has 1 aliphatic rings. The van der Waals surface area contributed by atoms with Crippen LogP contribution in [0.2, 0.25) is 0 Å². The molecule has 0 bridgehead atoms. The van der Waals surface area contributed by atoms with E-state index < -0.39 is 0 Å². The van der Waals surface area contributed by atoms with Crippen molar-refractivity contribution in [2.75, 3.05) is 6.54 Å². The minimum atomic E-state index is 0.296. The molecule has 1 nitrogen and oxygen atoms in total. The van der Waals surface area contributed by atoms with Crippen LogP contribution in [0.5, 0.6) is 0 Å². The van der Waals surface area contributed by atoms with Gasteiger partial charge in [-0.05, 0) is 25.3 Å². The largest absolute Gasteiger partial charge is 0.304 e. The van der Waals surface area contributed by atoms with Crippen LogP contribution < -0.4 is 5.32 Å². The zero-order valence-corrected chi connectivity index (χ0v) is 7.97. The molecule has 0 saturated heterocycles. The Hall–Kier alpha value is -0.480. The zero-order chi connectivity index (χ0) is 8.81. The summed E-state index contributed by atoms with van der Waals surface area (Å²) in [6, 6.07) is 0.296. The van der Waals surface area contributed by atoms with Gasteiger partial charge in [-0.3, -0.25) is 0 Å². The normalized spacial score (nSPS) is 19.7. The van der Waals surface area contributed by atoms with Crippen molar-refractivity contribution in [3.63, 3.8) is 0 Å². The van der Waals surface area contributed by atoms with E-state index in [0.717, 1.165) is 18.9 Å². The van der Waals surface area contributed by atoms with Crippen LogP contribution in [0.25, 0.3) is 0 Å². The Morgan fingerprint density at radius 1 is 1.58 bits per heavy atom. The Labute approximate surface area is 75.9 Å². The second-order valence-electron chi connectivity index (χ2n) is 3.67. The molecule has 1 heteroatoms. The lowest BCUT2D eigenvalue weighted by Gasteiger charge is -2.25. The van der Waals surface area contributed by atoms with E-state index in [1.54, 1.807) is 0 Å². The summed E-state index contributed by atoms with van der Waals surface area (Å²) in [7, 11) is 0. The molecule has 0 heterocycles. The quantitative estimate of drug-likeness (QED) is 0.616. The molecule has 0 amide bonds. The predicted octanol–water partition coefficient (Wildman–Crippen LogP) is 2.18. The number of nitrogens with one attached hydrogen (secondary N) is 1.